The minimum atomic E-state index is -0.874. The molecular formula is C21H27N3O3S. The summed E-state index contributed by atoms with van der Waals surface area (Å²) in [5.41, 5.74) is 1.34. The van der Waals surface area contributed by atoms with Crippen molar-refractivity contribution in [3.63, 3.8) is 0 Å². The van der Waals surface area contributed by atoms with E-state index < -0.39 is 12.1 Å². The third kappa shape index (κ3) is 4.70. The number of hydrogen-bond donors (Lipinski definition) is 0. The van der Waals surface area contributed by atoms with Gasteiger partial charge in [0.1, 0.15) is 0 Å². The van der Waals surface area contributed by atoms with Gasteiger partial charge in [0.05, 0.1) is 5.56 Å². The van der Waals surface area contributed by atoms with Gasteiger partial charge in [0.2, 0.25) is 0 Å². The molecule has 1 aliphatic rings. The SMILES string of the molecule is CC(OC(=O)c1cccc(N(C)C)c1)C(=O)N(c1nccs1)C1CCCCC1. The molecule has 1 saturated carbocycles. The molecule has 0 spiro atoms. The van der Waals surface area contributed by atoms with Crippen molar-refractivity contribution < 1.29 is 14.3 Å². The van der Waals surface area contributed by atoms with Gasteiger partial charge in [-0.05, 0) is 38.0 Å². The Balaban J connectivity index is 1.74. The molecule has 0 bridgehead atoms. The number of carbonyl (C=O) groups is 2. The number of thiazole rings is 1. The normalized spacial score (nSPS) is 15.7. The summed E-state index contributed by atoms with van der Waals surface area (Å²) in [6.45, 7) is 1.64. The molecule has 6 nitrogen and oxygen atoms in total. The van der Waals surface area contributed by atoms with Crippen LogP contribution in [0, 0.1) is 0 Å². The van der Waals surface area contributed by atoms with Crippen LogP contribution < -0.4 is 9.80 Å². The highest BCUT2D eigenvalue weighted by Crippen LogP contribution is 2.29. The molecule has 1 aliphatic carbocycles. The van der Waals surface area contributed by atoms with Gasteiger partial charge in [0.15, 0.2) is 11.2 Å². The van der Waals surface area contributed by atoms with E-state index in [1.807, 2.05) is 36.5 Å². The van der Waals surface area contributed by atoms with Crippen LogP contribution in [0.5, 0.6) is 0 Å². The topological polar surface area (TPSA) is 62.7 Å². The maximum atomic E-state index is 13.2. The highest BCUT2D eigenvalue weighted by atomic mass is 32.1. The molecule has 1 aromatic carbocycles. The molecule has 2 aromatic rings. The Kier molecular flexibility index (Phi) is 6.67. The van der Waals surface area contributed by atoms with Crippen molar-refractivity contribution >= 4 is 34.0 Å². The number of aromatic nitrogens is 1. The molecule has 0 radical (unpaired) electrons. The number of amides is 1. The van der Waals surface area contributed by atoms with Crippen LogP contribution in [0.4, 0.5) is 10.8 Å². The van der Waals surface area contributed by atoms with Crippen molar-refractivity contribution in [1.29, 1.82) is 0 Å². The van der Waals surface area contributed by atoms with Crippen molar-refractivity contribution in [2.24, 2.45) is 0 Å². The van der Waals surface area contributed by atoms with Gasteiger partial charge in [-0.2, -0.15) is 0 Å². The predicted octanol–water partition coefficient (Wildman–Crippen LogP) is 4.12. The molecule has 28 heavy (non-hydrogen) atoms. The summed E-state index contributed by atoms with van der Waals surface area (Å²) >= 11 is 1.44. The van der Waals surface area contributed by atoms with Crippen LogP contribution in [-0.4, -0.2) is 43.1 Å². The first-order valence-corrected chi connectivity index (χ1v) is 10.6. The van der Waals surface area contributed by atoms with Gasteiger partial charge in [0, 0.05) is 37.4 Å². The Bertz CT molecular complexity index is 801. The maximum Gasteiger partial charge on any atom is 0.338 e. The molecule has 1 atom stereocenters. The Labute approximate surface area is 170 Å². The van der Waals surface area contributed by atoms with Crippen LogP contribution in [-0.2, 0) is 9.53 Å². The summed E-state index contributed by atoms with van der Waals surface area (Å²) < 4.78 is 5.53. The number of rotatable bonds is 6. The molecule has 1 amide bonds. The molecule has 0 aliphatic heterocycles. The number of nitrogens with zero attached hydrogens (tertiary/aromatic N) is 3. The lowest BCUT2D eigenvalue weighted by Crippen LogP contribution is -2.47. The number of ether oxygens (including phenoxy) is 1. The summed E-state index contributed by atoms with van der Waals surface area (Å²) in [5, 5.41) is 2.54. The second kappa shape index (κ2) is 9.19. The molecular weight excluding hydrogens is 374 g/mol. The number of benzene rings is 1. The molecule has 1 unspecified atom stereocenters. The van der Waals surface area contributed by atoms with Crippen molar-refractivity contribution in [3.8, 4) is 0 Å². The van der Waals surface area contributed by atoms with E-state index in [2.05, 4.69) is 4.98 Å². The molecule has 0 N–H and O–H groups in total. The highest BCUT2D eigenvalue weighted by molar-refractivity contribution is 7.13. The zero-order valence-corrected chi connectivity index (χ0v) is 17.4. The molecule has 1 heterocycles. The monoisotopic (exact) mass is 401 g/mol. The van der Waals surface area contributed by atoms with E-state index >= 15 is 0 Å². The van der Waals surface area contributed by atoms with Crippen molar-refractivity contribution in [1.82, 2.24) is 4.98 Å². The lowest BCUT2D eigenvalue weighted by atomic mass is 9.94. The summed E-state index contributed by atoms with van der Waals surface area (Å²) in [7, 11) is 3.82. The number of hydrogen-bond acceptors (Lipinski definition) is 6. The largest absolute Gasteiger partial charge is 0.449 e. The van der Waals surface area contributed by atoms with E-state index in [-0.39, 0.29) is 11.9 Å². The van der Waals surface area contributed by atoms with E-state index in [1.54, 1.807) is 30.2 Å². The molecule has 1 fully saturated rings. The number of anilines is 2. The molecule has 0 saturated heterocycles. The minimum Gasteiger partial charge on any atom is -0.449 e. The quantitative estimate of drug-likeness (QED) is 0.682. The van der Waals surface area contributed by atoms with Gasteiger partial charge >= 0.3 is 5.97 Å². The standard InChI is InChI=1S/C21H27N3O3S/c1-15(27-20(26)16-8-7-11-18(14-16)23(2)3)19(25)24(21-22-12-13-28-21)17-9-5-4-6-10-17/h7-8,11-15,17H,4-6,9-10H2,1-3H3. The molecule has 3 rings (SSSR count). The fourth-order valence-electron chi connectivity index (χ4n) is 3.49. The van der Waals surface area contributed by atoms with Gasteiger partial charge in [-0.1, -0.05) is 25.3 Å². The Morgan fingerprint density at radius 1 is 1.21 bits per heavy atom. The van der Waals surface area contributed by atoms with Crippen molar-refractivity contribution in [2.75, 3.05) is 23.9 Å². The first kappa shape index (κ1) is 20.3. The molecule has 1 aromatic heterocycles. The fourth-order valence-corrected chi connectivity index (χ4v) is 4.21. The van der Waals surface area contributed by atoms with Crippen LogP contribution >= 0.6 is 11.3 Å². The van der Waals surface area contributed by atoms with E-state index in [0.29, 0.717) is 10.7 Å². The molecule has 150 valence electrons. The summed E-state index contributed by atoms with van der Waals surface area (Å²) in [4.78, 5) is 33.8. The third-order valence-electron chi connectivity index (χ3n) is 5.03. The van der Waals surface area contributed by atoms with E-state index in [0.717, 1.165) is 31.4 Å². The minimum absolute atomic E-state index is 0.116. The van der Waals surface area contributed by atoms with Gasteiger partial charge in [-0.3, -0.25) is 9.69 Å². The lowest BCUT2D eigenvalue weighted by Gasteiger charge is -2.33. The van der Waals surface area contributed by atoms with Crippen LogP contribution in [0.2, 0.25) is 0 Å². The zero-order valence-electron chi connectivity index (χ0n) is 16.6. The first-order chi connectivity index (χ1) is 13.5. The van der Waals surface area contributed by atoms with E-state index in [4.69, 9.17) is 4.74 Å². The van der Waals surface area contributed by atoms with Gasteiger partial charge in [-0.25, -0.2) is 9.78 Å². The highest BCUT2D eigenvalue weighted by Gasteiger charge is 2.33. The maximum absolute atomic E-state index is 13.2. The van der Waals surface area contributed by atoms with Crippen molar-refractivity contribution in [2.45, 2.75) is 51.2 Å². The summed E-state index contributed by atoms with van der Waals surface area (Å²) in [6, 6.07) is 7.30. The van der Waals surface area contributed by atoms with Crippen LogP contribution in [0.15, 0.2) is 35.8 Å². The second-order valence-electron chi connectivity index (χ2n) is 7.31. The Hall–Kier alpha value is -2.41. The number of esters is 1. The average Bonchev–Trinajstić information content (AvgIpc) is 3.23. The Morgan fingerprint density at radius 2 is 1.96 bits per heavy atom. The second-order valence-corrected chi connectivity index (χ2v) is 8.18. The van der Waals surface area contributed by atoms with Crippen LogP contribution in [0.3, 0.4) is 0 Å². The van der Waals surface area contributed by atoms with Crippen molar-refractivity contribution in [3.05, 3.63) is 41.4 Å². The lowest BCUT2D eigenvalue weighted by molar-refractivity contribution is -0.127. The zero-order chi connectivity index (χ0) is 20.1. The van der Waals surface area contributed by atoms with E-state index in [9.17, 15) is 9.59 Å². The van der Waals surface area contributed by atoms with Crippen LogP contribution in [0.1, 0.15) is 49.4 Å². The third-order valence-corrected chi connectivity index (χ3v) is 5.80. The Morgan fingerprint density at radius 3 is 2.61 bits per heavy atom. The predicted molar refractivity (Wildman–Crippen MR) is 112 cm³/mol. The average molecular weight is 402 g/mol. The van der Waals surface area contributed by atoms with Crippen LogP contribution in [0.25, 0.3) is 0 Å². The summed E-state index contributed by atoms with van der Waals surface area (Å²) in [5.74, 6) is -0.703. The smallest absolute Gasteiger partial charge is 0.338 e. The number of carbonyl (C=O) groups excluding carboxylic acids is 2. The first-order valence-electron chi connectivity index (χ1n) is 9.68. The van der Waals surface area contributed by atoms with E-state index in [1.165, 1.54) is 17.8 Å². The summed E-state index contributed by atoms with van der Waals surface area (Å²) in [6.07, 6.45) is 6.14. The van der Waals surface area contributed by atoms with Gasteiger partial charge in [-0.15, -0.1) is 11.3 Å². The fraction of sp³-hybridized carbons (Fsp3) is 0.476. The molecule has 7 heteroatoms. The van der Waals surface area contributed by atoms with Gasteiger partial charge < -0.3 is 9.64 Å². The van der Waals surface area contributed by atoms with Gasteiger partial charge in [0.25, 0.3) is 5.91 Å².